The van der Waals surface area contributed by atoms with Crippen molar-refractivity contribution in [2.75, 3.05) is 30.4 Å². The number of hydrazine groups is 1. The van der Waals surface area contributed by atoms with Crippen LogP contribution in [0.2, 0.25) is 10.0 Å². The summed E-state index contributed by atoms with van der Waals surface area (Å²) in [6, 6.07) is 25.9. The fourth-order valence-electron chi connectivity index (χ4n) is 8.78. The molecular formula is C42H39Cl2N7O2. The first-order chi connectivity index (χ1) is 25.7. The van der Waals surface area contributed by atoms with E-state index in [-0.39, 0.29) is 29.3 Å². The molecule has 11 heteroatoms. The van der Waals surface area contributed by atoms with Gasteiger partial charge in [-0.2, -0.15) is 0 Å². The maximum Gasteiger partial charge on any atom is 0.272 e. The minimum atomic E-state index is -0.267. The third-order valence-electron chi connectivity index (χ3n) is 11.3. The molecule has 3 N–H and O–H groups in total. The fourth-order valence-corrected chi connectivity index (χ4v) is 9.13. The van der Waals surface area contributed by atoms with Crippen LogP contribution in [0.1, 0.15) is 71.4 Å². The number of fused-ring (bicyclic) bond motifs is 2. The molecule has 3 aromatic carbocycles. The third kappa shape index (κ3) is 5.78. The number of hydrogen-bond acceptors (Lipinski definition) is 6. The Morgan fingerprint density at radius 1 is 0.981 bits per heavy atom. The van der Waals surface area contributed by atoms with Gasteiger partial charge in [0.15, 0.2) is 5.82 Å². The normalized spacial score (nSPS) is 20.7. The van der Waals surface area contributed by atoms with E-state index in [0.717, 1.165) is 58.1 Å². The number of nitrogens with zero attached hydrogens (tertiary/aromatic N) is 4. The number of nitrogens with one attached hydrogen (secondary N) is 3. The number of carbonyl (C=O) groups is 2. The number of hydrogen-bond donors (Lipinski definition) is 3. The van der Waals surface area contributed by atoms with E-state index in [0.29, 0.717) is 46.8 Å². The lowest BCUT2D eigenvalue weighted by Crippen LogP contribution is -2.52. The van der Waals surface area contributed by atoms with Crippen molar-refractivity contribution in [1.82, 2.24) is 25.3 Å². The molecule has 2 aromatic heterocycles. The largest absolute Gasteiger partial charge is 0.355 e. The molecule has 53 heavy (non-hydrogen) atoms. The van der Waals surface area contributed by atoms with Gasteiger partial charge < -0.3 is 20.1 Å². The van der Waals surface area contributed by atoms with Crippen LogP contribution in [0.15, 0.2) is 97.3 Å². The first-order valence-corrected chi connectivity index (χ1v) is 18.9. The van der Waals surface area contributed by atoms with Gasteiger partial charge in [-0.1, -0.05) is 78.7 Å². The Hall–Kier alpha value is -5.09. The number of carbonyl (C=O) groups excluding carboxylic acids is 2. The van der Waals surface area contributed by atoms with Gasteiger partial charge in [0.05, 0.1) is 17.4 Å². The number of aromatic nitrogens is 2. The van der Waals surface area contributed by atoms with Crippen LogP contribution in [0.5, 0.6) is 0 Å². The summed E-state index contributed by atoms with van der Waals surface area (Å²) in [6.07, 6.45) is 9.04. The highest BCUT2D eigenvalue weighted by atomic mass is 35.5. The number of piperidine rings is 1. The van der Waals surface area contributed by atoms with Gasteiger partial charge in [-0.05, 0) is 83.8 Å². The number of aromatic amines is 1. The van der Waals surface area contributed by atoms with E-state index in [1.165, 1.54) is 5.57 Å². The molecule has 5 aromatic rings. The fraction of sp³-hybridized carbons (Fsp3) is 0.262. The lowest BCUT2D eigenvalue weighted by molar-refractivity contribution is -0.128. The molecule has 2 saturated heterocycles. The summed E-state index contributed by atoms with van der Waals surface area (Å²) >= 11 is 13.3. The van der Waals surface area contributed by atoms with Gasteiger partial charge in [0.1, 0.15) is 5.69 Å². The molecule has 2 amide bonds. The summed E-state index contributed by atoms with van der Waals surface area (Å²) in [5.74, 6) is 0.710. The molecule has 9 rings (SSSR count). The third-order valence-corrected chi connectivity index (χ3v) is 11.8. The van der Waals surface area contributed by atoms with Crippen LogP contribution in [-0.2, 0) is 4.79 Å². The predicted molar refractivity (Wildman–Crippen MR) is 212 cm³/mol. The van der Waals surface area contributed by atoms with Gasteiger partial charge in [0.25, 0.3) is 5.91 Å². The Labute approximate surface area is 318 Å². The quantitative estimate of drug-likeness (QED) is 0.167. The predicted octanol–water partition coefficient (Wildman–Crippen LogP) is 8.65. The second-order valence-corrected chi connectivity index (χ2v) is 15.5. The van der Waals surface area contributed by atoms with E-state index in [2.05, 4.69) is 81.1 Å². The number of amides is 2. The number of rotatable bonds is 5. The summed E-state index contributed by atoms with van der Waals surface area (Å²) < 4.78 is 0. The molecule has 0 bridgehead atoms. The lowest BCUT2D eigenvalue weighted by atomic mass is 9.82. The molecule has 0 radical (unpaired) electrons. The molecule has 2 fully saturated rings. The highest BCUT2D eigenvalue weighted by Gasteiger charge is 2.44. The van der Waals surface area contributed by atoms with E-state index in [9.17, 15) is 9.59 Å². The van der Waals surface area contributed by atoms with Gasteiger partial charge in [-0.25, -0.2) is 10.4 Å². The standard InChI is InChI=1S/C42H39Cl2N7O2/c1-25-8-7-19-51-38(27-12-14-28(43)15-13-27)30-22-29(44)23-32-35(30)36(39(51)34(25)26-9-4-3-5-10-26)37(46-32)41(53)47-31-11-6-18-45-40(31)50-20-16-42(17-21-50)24-33(52)49(2)48-42/h3-7,9-15,18-19,22-23,25,38,46,48H,8,16-17,20-21,24H2,1-2H3,(H,47,53). The van der Waals surface area contributed by atoms with E-state index < -0.39 is 0 Å². The van der Waals surface area contributed by atoms with Crippen LogP contribution in [0, 0.1) is 5.92 Å². The Morgan fingerprint density at radius 2 is 1.75 bits per heavy atom. The zero-order chi connectivity index (χ0) is 36.4. The SMILES string of the molecule is CC1CC=CN2C(=C1c1ccccc1)c1c(C(=O)Nc3cccnc3N3CCC4(CC3)CC(=O)N(C)N4)[nH]c3cc(Cl)cc(c13)C2c1ccc(Cl)cc1. The van der Waals surface area contributed by atoms with Crippen LogP contribution < -0.4 is 15.6 Å². The van der Waals surface area contributed by atoms with Crippen molar-refractivity contribution >= 4 is 68.7 Å². The van der Waals surface area contributed by atoms with Gasteiger partial charge in [-0.15, -0.1) is 0 Å². The second-order valence-electron chi connectivity index (χ2n) is 14.6. The lowest BCUT2D eigenvalue weighted by Gasteiger charge is -2.40. The number of H-pyrrole nitrogens is 1. The Bertz CT molecular complexity index is 2330. The van der Waals surface area contributed by atoms with Crippen molar-refractivity contribution in [3.63, 3.8) is 0 Å². The van der Waals surface area contributed by atoms with E-state index >= 15 is 0 Å². The van der Waals surface area contributed by atoms with Crippen molar-refractivity contribution < 1.29 is 9.59 Å². The average Bonchev–Trinajstić information content (AvgIpc) is 3.60. The Kier molecular flexibility index (Phi) is 8.33. The number of allylic oxidation sites excluding steroid dienone is 2. The number of anilines is 2. The maximum absolute atomic E-state index is 14.8. The van der Waals surface area contributed by atoms with Crippen LogP contribution >= 0.6 is 23.2 Å². The van der Waals surface area contributed by atoms with E-state index in [1.54, 1.807) is 18.3 Å². The van der Waals surface area contributed by atoms with Crippen LogP contribution in [0.4, 0.5) is 11.5 Å². The van der Waals surface area contributed by atoms with Crippen molar-refractivity contribution in [1.29, 1.82) is 0 Å². The summed E-state index contributed by atoms with van der Waals surface area (Å²) in [6.45, 7) is 3.65. The van der Waals surface area contributed by atoms with Crippen LogP contribution in [-0.4, -0.2) is 57.4 Å². The monoisotopic (exact) mass is 743 g/mol. The van der Waals surface area contributed by atoms with Crippen molar-refractivity contribution in [3.8, 4) is 0 Å². The number of benzene rings is 3. The maximum atomic E-state index is 14.8. The number of pyridine rings is 1. The summed E-state index contributed by atoms with van der Waals surface area (Å²) in [4.78, 5) is 40.0. The van der Waals surface area contributed by atoms with Gasteiger partial charge >= 0.3 is 0 Å². The van der Waals surface area contributed by atoms with Crippen LogP contribution in [0.3, 0.4) is 0 Å². The second kappa shape index (κ2) is 13.1. The zero-order valence-corrected chi connectivity index (χ0v) is 31.0. The van der Waals surface area contributed by atoms with Gasteiger partial charge in [0, 0.05) is 71.0 Å². The molecule has 268 valence electrons. The Balaban J connectivity index is 1.18. The van der Waals surface area contributed by atoms with Gasteiger partial charge in [-0.3, -0.25) is 14.6 Å². The molecule has 2 unspecified atom stereocenters. The highest BCUT2D eigenvalue weighted by molar-refractivity contribution is 6.32. The van der Waals surface area contributed by atoms with Crippen molar-refractivity contribution in [2.24, 2.45) is 5.92 Å². The smallest absolute Gasteiger partial charge is 0.272 e. The molecule has 0 saturated carbocycles. The topological polar surface area (TPSA) is 96.6 Å². The average molecular weight is 745 g/mol. The van der Waals surface area contributed by atoms with Crippen LogP contribution in [0.25, 0.3) is 22.2 Å². The summed E-state index contributed by atoms with van der Waals surface area (Å²) in [5.41, 5.74) is 11.2. The Morgan fingerprint density at radius 3 is 2.49 bits per heavy atom. The van der Waals surface area contributed by atoms with Crippen molar-refractivity contribution in [3.05, 3.63) is 135 Å². The highest BCUT2D eigenvalue weighted by Crippen LogP contribution is 2.53. The first kappa shape index (κ1) is 33.7. The van der Waals surface area contributed by atoms with E-state index in [4.69, 9.17) is 28.2 Å². The minimum absolute atomic E-state index is 0.109. The molecule has 4 aliphatic heterocycles. The molecule has 1 spiro atoms. The van der Waals surface area contributed by atoms with Crippen molar-refractivity contribution in [2.45, 2.75) is 44.2 Å². The molecule has 6 heterocycles. The number of halogens is 2. The minimum Gasteiger partial charge on any atom is -0.355 e. The summed E-state index contributed by atoms with van der Waals surface area (Å²) in [5, 5.41) is 7.08. The zero-order valence-electron chi connectivity index (χ0n) is 29.5. The molecule has 4 aliphatic rings. The molecule has 2 atom stereocenters. The molecule has 9 nitrogen and oxygen atoms in total. The molecular weight excluding hydrogens is 705 g/mol. The first-order valence-electron chi connectivity index (χ1n) is 18.1. The summed E-state index contributed by atoms with van der Waals surface area (Å²) in [7, 11) is 1.78. The molecule has 0 aliphatic carbocycles. The van der Waals surface area contributed by atoms with Gasteiger partial charge in [0.2, 0.25) is 5.91 Å². The van der Waals surface area contributed by atoms with E-state index in [1.807, 2.05) is 42.5 Å².